The number of primary amides is 1. The van der Waals surface area contributed by atoms with E-state index in [9.17, 15) is 9.59 Å². The van der Waals surface area contributed by atoms with Gasteiger partial charge in [-0.2, -0.15) is 0 Å². The van der Waals surface area contributed by atoms with Gasteiger partial charge in [0.05, 0.1) is 19.8 Å². The van der Waals surface area contributed by atoms with Crippen molar-refractivity contribution < 1.29 is 19.1 Å². The van der Waals surface area contributed by atoms with E-state index in [0.29, 0.717) is 29.8 Å². The highest BCUT2D eigenvalue weighted by Gasteiger charge is 2.22. The molecule has 6 heteroatoms. The predicted molar refractivity (Wildman–Crippen MR) is 115 cm³/mol. The molecule has 0 saturated carbocycles. The average molecular weight is 404 g/mol. The van der Waals surface area contributed by atoms with E-state index in [4.69, 9.17) is 15.2 Å². The number of amides is 2. The number of carbonyl (C=O) groups is 2. The minimum atomic E-state index is -0.636. The van der Waals surface area contributed by atoms with Crippen molar-refractivity contribution in [1.29, 1.82) is 0 Å². The molecule has 0 unspecified atom stereocenters. The molecule has 3 N–H and O–H groups in total. The molecule has 6 nitrogen and oxygen atoms in total. The second kappa shape index (κ2) is 9.60. The van der Waals surface area contributed by atoms with Crippen molar-refractivity contribution in [1.82, 2.24) is 5.32 Å². The van der Waals surface area contributed by atoms with Gasteiger partial charge < -0.3 is 20.5 Å². The number of nitrogens with two attached hydrogens (primary N) is 1. The molecule has 2 amide bonds. The van der Waals surface area contributed by atoms with Crippen LogP contribution < -0.4 is 20.5 Å². The van der Waals surface area contributed by atoms with Crippen molar-refractivity contribution in [3.05, 3.63) is 94.5 Å². The lowest BCUT2D eigenvalue weighted by Crippen LogP contribution is -2.26. The fourth-order valence-corrected chi connectivity index (χ4v) is 3.28. The number of hydrogen-bond donors (Lipinski definition) is 2. The molecule has 0 atom stereocenters. The first-order chi connectivity index (χ1) is 14.5. The topological polar surface area (TPSA) is 90.7 Å². The molecule has 0 saturated heterocycles. The van der Waals surface area contributed by atoms with Crippen LogP contribution in [0.5, 0.6) is 11.5 Å². The summed E-state index contributed by atoms with van der Waals surface area (Å²) in [5.41, 5.74) is 8.68. The SMILES string of the molecule is COc1ccc(CNC(=O)c2ccc(OC)c(C(N)=O)c2Cc2ccccc2)cc1. The summed E-state index contributed by atoms with van der Waals surface area (Å²) in [6.07, 6.45) is 0.377. The Balaban J connectivity index is 1.92. The van der Waals surface area contributed by atoms with Gasteiger partial charge in [0.15, 0.2) is 0 Å². The summed E-state index contributed by atoms with van der Waals surface area (Å²) in [5, 5.41) is 2.91. The summed E-state index contributed by atoms with van der Waals surface area (Å²) in [6.45, 7) is 0.339. The van der Waals surface area contributed by atoms with E-state index >= 15 is 0 Å². The Morgan fingerprint density at radius 3 is 2.17 bits per heavy atom. The molecule has 0 aromatic heterocycles. The maximum absolute atomic E-state index is 13.0. The van der Waals surface area contributed by atoms with Crippen molar-refractivity contribution >= 4 is 11.8 Å². The molecule has 0 aliphatic rings. The number of methoxy groups -OCH3 is 2. The zero-order chi connectivity index (χ0) is 21.5. The van der Waals surface area contributed by atoms with Crippen LogP contribution in [0.15, 0.2) is 66.7 Å². The molecule has 0 aliphatic carbocycles. The largest absolute Gasteiger partial charge is 0.497 e. The third-order valence-corrected chi connectivity index (χ3v) is 4.82. The number of ether oxygens (including phenoxy) is 2. The van der Waals surface area contributed by atoms with E-state index in [-0.39, 0.29) is 11.5 Å². The van der Waals surface area contributed by atoms with Gasteiger partial charge in [-0.25, -0.2) is 0 Å². The minimum absolute atomic E-state index is 0.221. The Morgan fingerprint density at radius 2 is 1.57 bits per heavy atom. The van der Waals surface area contributed by atoms with E-state index in [2.05, 4.69) is 5.32 Å². The van der Waals surface area contributed by atoms with Gasteiger partial charge in [0, 0.05) is 12.1 Å². The quantitative estimate of drug-likeness (QED) is 0.603. The number of hydrogen-bond acceptors (Lipinski definition) is 4. The van der Waals surface area contributed by atoms with Gasteiger partial charge >= 0.3 is 0 Å². The molecule has 154 valence electrons. The summed E-state index contributed by atoms with van der Waals surface area (Å²) in [7, 11) is 3.07. The van der Waals surface area contributed by atoms with Crippen LogP contribution in [-0.4, -0.2) is 26.0 Å². The summed E-state index contributed by atoms with van der Waals surface area (Å²) < 4.78 is 10.5. The number of carbonyl (C=O) groups excluding carboxylic acids is 2. The maximum atomic E-state index is 13.0. The Labute approximate surface area is 175 Å². The Bertz CT molecular complexity index is 1030. The van der Waals surface area contributed by atoms with Crippen LogP contribution in [0.1, 0.15) is 37.4 Å². The Kier molecular flexibility index (Phi) is 6.70. The van der Waals surface area contributed by atoms with E-state index in [0.717, 1.165) is 16.9 Å². The van der Waals surface area contributed by atoms with Crippen molar-refractivity contribution in [3.63, 3.8) is 0 Å². The first-order valence-corrected chi connectivity index (χ1v) is 9.48. The fraction of sp³-hybridized carbons (Fsp3) is 0.167. The van der Waals surface area contributed by atoms with Crippen LogP contribution in [0, 0.1) is 0 Å². The molecular weight excluding hydrogens is 380 g/mol. The maximum Gasteiger partial charge on any atom is 0.252 e. The lowest BCUT2D eigenvalue weighted by molar-refractivity contribution is 0.0950. The van der Waals surface area contributed by atoms with Gasteiger partial charge in [-0.3, -0.25) is 9.59 Å². The van der Waals surface area contributed by atoms with Crippen molar-refractivity contribution in [2.45, 2.75) is 13.0 Å². The van der Waals surface area contributed by atoms with E-state index in [1.807, 2.05) is 54.6 Å². The molecule has 3 aromatic carbocycles. The third kappa shape index (κ3) is 4.78. The molecule has 0 fully saturated rings. The van der Waals surface area contributed by atoms with Crippen LogP contribution in [0.4, 0.5) is 0 Å². The van der Waals surface area contributed by atoms with Gasteiger partial charge in [0.1, 0.15) is 11.5 Å². The molecule has 0 bridgehead atoms. The minimum Gasteiger partial charge on any atom is -0.497 e. The molecule has 3 aromatic rings. The molecule has 0 heterocycles. The zero-order valence-electron chi connectivity index (χ0n) is 17.0. The third-order valence-electron chi connectivity index (χ3n) is 4.82. The van der Waals surface area contributed by atoms with Crippen LogP contribution in [0.25, 0.3) is 0 Å². The second-order valence-corrected chi connectivity index (χ2v) is 6.73. The van der Waals surface area contributed by atoms with E-state index < -0.39 is 5.91 Å². The highest BCUT2D eigenvalue weighted by Crippen LogP contribution is 2.28. The lowest BCUT2D eigenvalue weighted by atomic mass is 9.93. The first-order valence-electron chi connectivity index (χ1n) is 9.48. The first kappa shape index (κ1) is 20.9. The summed E-state index contributed by atoms with van der Waals surface area (Å²) >= 11 is 0. The predicted octanol–water partition coefficient (Wildman–Crippen LogP) is 3.32. The highest BCUT2D eigenvalue weighted by molar-refractivity contribution is 6.03. The monoisotopic (exact) mass is 404 g/mol. The standard InChI is InChI=1S/C24H24N2O4/c1-29-18-10-8-17(9-11-18)15-26-24(28)19-12-13-21(30-2)22(23(25)27)20(19)14-16-6-4-3-5-7-16/h3-13H,14-15H2,1-2H3,(H2,25,27)(H,26,28). The molecule has 0 radical (unpaired) electrons. The van der Waals surface area contributed by atoms with Crippen LogP contribution in [-0.2, 0) is 13.0 Å². The molecule has 0 aliphatic heterocycles. The Hall–Kier alpha value is -3.80. The van der Waals surface area contributed by atoms with Crippen molar-refractivity contribution in [2.75, 3.05) is 14.2 Å². The summed E-state index contributed by atoms with van der Waals surface area (Å²) in [6, 6.07) is 20.3. The van der Waals surface area contributed by atoms with E-state index in [1.165, 1.54) is 7.11 Å². The summed E-state index contributed by atoms with van der Waals surface area (Å²) in [5.74, 6) is 0.168. The lowest BCUT2D eigenvalue weighted by Gasteiger charge is -2.16. The van der Waals surface area contributed by atoms with Crippen molar-refractivity contribution in [2.24, 2.45) is 5.73 Å². The smallest absolute Gasteiger partial charge is 0.252 e. The van der Waals surface area contributed by atoms with Gasteiger partial charge in [0.25, 0.3) is 11.8 Å². The van der Waals surface area contributed by atoms with Crippen LogP contribution >= 0.6 is 0 Å². The number of nitrogens with one attached hydrogen (secondary N) is 1. The molecular formula is C24H24N2O4. The van der Waals surface area contributed by atoms with E-state index in [1.54, 1.807) is 19.2 Å². The molecule has 3 rings (SSSR count). The fourth-order valence-electron chi connectivity index (χ4n) is 3.28. The van der Waals surface area contributed by atoms with Crippen LogP contribution in [0.2, 0.25) is 0 Å². The van der Waals surface area contributed by atoms with Crippen molar-refractivity contribution in [3.8, 4) is 11.5 Å². The second-order valence-electron chi connectivity index (χ2n) is 6.73. The van der Waals surface area contributed by atoms with Gasteiger partial charge in [-0.1, -0.05) is 42.5 Å². The number of benzene rings is 3. The summed E-state index contributed by atoms with van der Waals surface area (Å²) in [4.78, 5) is 25.2. The average Bonchev–Trinajstić information content (AvgIpc) is 2.77. The normalized spacial score (nSPS) is 10.3. The van der Waals surface area contributed by atoms with Crippen LogP contribution in [0.3, 0.4) is 0 Å². The zero-order valence-corrected chi connectivity index (χ0v) is 17.0. The highest BCUT2D eigenvalue weighted by atomic mass is 16.5. The molecule has 30 heavy (non-hydrogen) atoms. The Morgan fingerprint density at radius 1 is 0.867 bits per heavy atom. The van der Waals surface area contributed by atoms with Gasteiger partial charge in [-0.15, -0.1) is 0 Å². The van der Waals surface area contributed by atoms with Gasteiger partial charge in [-0.05, 0) is 47.4 Å². The number of rotatable bonds is 8. The molecule has 0 spiro atoms. The van der Waals surface area contributed by atoms with Gasteiger partial charge in [0.2, 0.25) is 0 Å².